The van der Waals surface area contributed by atoms with Crippen LogP contribution in [0, 0.1) is 30.6 Å². The molecule has 3 aliphatic rings. The van der Waals surface area contributed by atoms with E-state index < -0.39 is 0 Å². The first-order valence-corrected chi connectivity index (χ1v) is 7.90. The monoisotopic (exact) mass is 314 g/mol. The van der Waals surface area contributed by atoms with Crippen LogP contribution in [0.25, 0.3) is 0 Å². The molecule has 2 bridgehead atoms. The molecule has 1 N–H and O–H groups in total. The molecule has 4 atom stereocenters. The number of fused-ring (bicyclic) bond motifs is 5. The molecule has 1 aromatic heterocycles. The van der Waals surface area contributed by atoms with Crippen molar-refractivity contribution < 1.29 is 18.8 Å². The first-order chi connectivity index (χ1) is 11.0. The predicted octanol–water partition coefficient (Wildman–Crippen LogP) is 1.01. The second kappa shape index (κ2) is 5.08. The van der Waals surface area contributed by atoms with Crippen molar-refractivity contribution in [1.29, 1.82) is 0 Å². The number of furan rings is 1. The minimum absolute atomic E-state index is 0.167. The van der Waals surface area contributed by atoms with Crippen LogP contribution in [0.2, 0.25) is 0 Å². The standard InChI is InChI=1S/C17H18N2O4/c1-9-2-5-12(23-9)7-18-13(20)8-19-16(21)14-10-3-4-11(6-10)15(14)17(19)22/h2-5,10-11,14-15H,6-8H2,1H3,(H,18,20). The molecule has 1 aliphatic heterocycles. The third-order valence-electron chi connectivity index (χ3n) is 5.12. The van der Waals surface area contributed by atoms with Gasteiger partial charge in [0.15, 0.2) is 0 Å². The number of nitrogens with zero attached hydrogens (tertiary/aromatic N) is 1. The maximum atomic E-state index is 12.5. The second-order valence-electron chi connectivity index (χ2n) is 6.55. The van der Waals surface area contributed by atoms with Crippen molar-refractivity contribution in [3.8, 4) is 0 Å². The number of carbonyl (C=O) groups is 3. The van der Waals surface area contributed by atoms with Gasteiger partial charge in [0.1, 0.15) is 18.1 Å². The molecule has 120 valence electrons. The molecule has 1 saturated carbocycles. The van der Waals surface area contributed by atoms with Crippen LogP contribution in [0.15, 0.2) is 28.7 Å². The Bertz CT molecular complexity index is 690. The van der Waals surface area contributed by atoms with E-state index in [0.717, 1.165) is 17.1 Å². The van der Waals surface area contributed by atoms with E-state index >= 15 is 0 Å². The number of imide groups is 1. The lowest BCUT2D eigenvalue weighted by molar-refractivity contribution is -0.144. The highest BCUT2D eigenvalue weighted by Gasteiger charge is 2.59. The highest BCUT2D eigenvalue weighted by Crippen LogP contribution is 2.52. The van der Waals surface area contributed by atoms with E-state index in [1.54, 1.807) is 6.07 Å². The van der Waals surface area contributed by atoms with Gasteiger partial charge < -0.3 is 9.73 Å². The highest BCUT2D eigenvalue weighted by atomic mass is 16.3. The Labute approximate surface area is 133 Å². The summed E-state index contributed by atoms with van der Waals surface area (Å²) in [5.41, 5.74) is 0. The molecular weight excluding hydrogens is 296 g/mol. The molecule has 2 fully saturated rings. The lowest BCUT2D eigenvalue weighted by Gasteiger charge is -2.16. The van der Waals surface area contributed by atoms with Gasteiger partial charge in [0, 0.05) is 0 Å². The predicted molar refractivity (Wildman–Crippen MR) is 79.7 cm³/mol. The third kappa shape index (κ3) is 2.20. The summed E-state index contributed by atoms with van der Waals surface area (Å²) in [6, 6.07) is 3.61. The summed E-state index contributed by atoms with van der Waals surface area (Å²) in [5, 5.41) is 2.69. The summed E-state index contributed by atoms with van der Waals surface area (Å²) in [7, 11) is 0. The van der Waals surface area contributed by atoms with Gasteiger partial charge in [-0.2, -0.15) is 0 Å². The fraction of sp³-hybridized carbons (Fsp3) is 0.471. The number of likely N-dealkylation sites (tertiary alicyclic amines) is 1. The molecule has 1 aromatic rings. The molecule has 2 heterocycles. The Kier molecular flexibility index (Phi) is 3.14. The van der Waals surface area contributed by atoms with Gasteiger partial charge in [-0.25, -0.2) is 0 Å². The molecule has 6 heteroatoms. The Morgan fingerprint density at radius 1 is 1.22 bits per heavy atom. The summed E-state index contributed by atoms with van der Waals surface area (Å²) in [6.07, 6.45) is 4.98. The number of rotatable bonds is 4. The summed E-state index contributed by atoms with van der Waals surface area (Å²) in [6.45, 7) is 1.88. The molecule has 4 unspecified atom stereocenters. The summed E-state index contributed by atoms with van der Waals surface area (Å²) < 4.78 is 5.37. The molecule has 0 spiro atoms. The van der Waals surface area contributed by atoms with Crippen LogP contribution in [0.1, 0.15) is 17.9 Å². The van der Waals surface area contributed by atoms with Crippen molar-refractivity contribution in [2.75, 3.05) is 6.54 Å². The molecule has 1 saturated heterocycles. The second-order valence-corrected chi connectivity index (χ2v) is 6.55. The minimum atomic E-state index is -0.346. The fourth-order valence-corrected chi connectivity index (χ4v) is 4.09. The normalized spacial score (nSPS) is 31.1. The van der Waals surface area contributed by atoms with Crippen molar-refractivity contribution in [1.82, 2.24) is 10.2 Å². The topological polar surface area (TPSA) is 79.6 Å². The van der Waals surface area contributed by atoms with Crippen molar-refractivity contribution in [2.24, 2.45) is 23.7 Å². The van der Waals surface area contributed by atoms with Gasteiger partial charge in [-0.05, 0) is 37.3 Å². The number of allylic oxidation sites excluding steroid dienone is 2. The summed E-state index contributed by atoms with van der Waals surface area (Å²) >= 11 is 0. The van der Waals surface area contributed by atoms with Gasteiger partial charge in [-0.15, -0.1) is 0 Å². The first-order valence-electron chi connectivity index (χ1n) is 7.90. The minimum Gasteiger partial charge on any atom is -0.465 e. The number of aryl methyl sites for hydroxylation is 1. The van der Waals surface area contributed by atoms with Crippen LogP contribution in [-0.2, 0) is 20.9 Å². The van der Waals surface area contributed by atoms with Crippen LogP contribution >= 0.6 is 0 Å². The van der Waals surface area contributed by atoms with Gasteiger partial charge >= 0.3 is 0 Å². The van der Waals surface area contributed by atoms with Crippen molar-refractivity contribution in [2.45, 2.75) is 19.9 Å². The van der Waals surface area contributed by atoms with Crippen LogP contribution in [-0.4, -0.2) is 29.2 Å². The lowest BCUT2D eigenvalue weighted by Crippen LogP contribution is -2.41. The van der Waals surface area contributed by atoms with E-state index in [9.17, 15) is 14.4 Å². The largest absolute Gasteiger partial charge is 0.465 e. The van der Waals surface area contributed by atoms with Gasteiger partial charge in [0.05, 0.1) is 18.4 Å². The SMILES string of the molecule is Cc1ccc(CNC(=O)CN2C(=O)C3C4C=CC(C4)C3C2=O)o1. The van der Waals surface area contributed by atoms with Crippen LogP contribution in [0.4, 0.5) is 0 Å². The molecule has 4 rings (SSSR count). The third-order valence-corrected chi connectivity index (χ3v) is 5.12. The van der Waals surface area contributed by atoms with Gasteiger partial charge in [-0.3, -0.25) is 19.3 Å². The maximum Gasteiger partial charge on any atom is 0.240 e. The molecule has 3 amide bonds. The lowest BCUT2D eigenvalue weighted by atomic mass is 9.85. The summed E-state index contributed by atoms with van der Waals surface area (Å²) in [4.78, 5) is 38.1. The average Bonchev–Trinajstić information content (AvgIpc) is 3.27. The number of carbonyl (C=O) groups excluding carboxylic acids is 3. The molecule has 6 nitrogen and oxygen atoms in total. The molecule has 0 radical (unpaired) electrons. The van der Waals surface area contributed by atoms with E-state index in [0.29, 0.717) is 5.76 Å². The number of nitrogens with one attached hydrogen (secondary N) is 1. The van der Waals surface area contributed by atoms with E-state index in [4.69, 9.17) is 4.42 Å². The quantitative estimate of drug-likeness (QED) is 0.664. The van der Waals surface area contributed by atoms with E-state index in [-0.39, 0.29) is 54.5 Å². The Morgan fingerprint density at radius 3 is 2.43 bits per heavy atom. The molecule has 0 aromatic carbocycles. The maximum absolute atomic E-state index is 12.5. The summed E-state index contributed by atoms with van der Waals surface area (Å²) in [5.74, 6) is 0.518. The zero-order valence-electron chi connectivity index (χ0n) is 12.8. The van der Waals surface area contributed by atoms with Gasteiger partial charge in [0.2, 0.25) is 17.7 Å². The fourth-order valence-electron chi connectivity index (χ4n) is 4.09. The van der Waals surface area contributed by atoms with Crippen molar-refractivity contribution >= 4 is 17.7 Å². The molecule has 23 heavy (non-hydrogen) atoms. The van der Waals surface area contributed by atoms with E-state index in [2.05, 4.69) is 5.32 Å². The van der Waals surface area contributed by atoms with Gasteiger partial charge in [0.25, 0.3) is 0 Å². The number of hydrogen-bond acceptors (Lipinski definition) is 4. The zero-order valence-corrected chi connectivity index (χ0v) is 12.8. The van der Waals surface area contributed by atoms with Crippen molar-refractivity contribution in [3.05, 3.63) is 35.8 Å². The number of amides is 3. The van der Waals surface area contributed by atoms with Gasteiger partial charge in [-0.1, -0.05) is 12.2 Å². The zero-order chi connectivity index (χ0) is 16.1. The van der Waals surface area contributed by atoms with Crippen LogP contribution in [0.5, 0.6) is 0 Å². The Balaban J connectivity index is 1.38. The number of hydrogen-bond donors (Lipinski definition) is 1. The van der Waals surface area contributed by atoms with Crippen LogP contribution in [0.3, 0.4) is 0 Å². The first kappa shape index (κ1) is 14.2. The Morgan fingerprint density at radius 2 is 1.87 bits per heavy atom. The van der Waals surface area contributed by atoms with Crippen LogP contribution < -0.4 is 5.32 Å². The average molecular weight is 314 g/mol. The molecular formula is C17H18N2O4. The highest BCUT2D eigenvalue weighted by molar-refractivity contribution is 6.08. The Hall–Kier alpha value is -2.37. The van der Waals surface area contributed by atoms with E-state index in [1.807, 2.05) is 25.1 Å². The van der Waals surface area contributed by atoms with Crippen molar-refractivity contribution in [3.63, 3.8) is 0 Å². The molecule has 2 aliphatic carbocycles. The van der Waals surface area contributed by atoms with E-state index in [1.165, 1.54) is 0 Å². The smallest absolute Gasteiger partial charge is 0.240 e.